The second-order valence-corrected chi connectivity index (χ2v) is 7.50. The lowest BCUT2D eigenvalue weighted by Crippen LogP contribution is -2.01. The summed E-state index contributed by atoms with van der Waals surface area (Å²) in [4.78, 5) is 6.49. The first kappa shape index (κ1) is 14.5. The van der Waals surface area contributed by atoms with Crippen molar-refractivity contribution < 1.29 is 0 Å². The van der Waals surface area contributed by atoms with Crippen LogP contribution in [0.1, 0.15) is 21.8 Å². The maximum absolute atomic E-state index is 4.65. The Hall–Kier alpha value is -2.06. The van der Waals surface area contributed by atoms with E-state index in [1.807, 2.05) is 31.1 Å². The molecule has 0 atom stereocenters. The van der Waals surface area contributed by atoms with Gasteiger partial charge in [0, 0.05) is 17.3 Å². The molecule has 0 saturated heterocycles. The van der Waals surface area contributed by atoms with Crippen LogP contribution in [0.25, 0.3) is 20.4 Å². The van der Waals surface area contributed by atoms with Gasteiger partial charge in [0.15, 0.2) is 5.82 Å². The number of thiophene rings is 1. The average Bonchev–Trinajstić information content (AvgIpc) is 3.18. The first-order valence-corrected chi connectivity index (χ1v) is 8.97. The largest absolute Gasteiger partial charge is 0.362 e. The fraction of sp³-hybridized carbons (Fsp3) is 0.333. The van der Waals surface area contributed by atoms with Gasteiger partial charge in [-0.25, -0.2) is 4.98 Å². The van der Waals surface area contributed by atoms with Crippen LogP contribution < -0.4 is 5.32 Å². The molecule has 6 nitrogen and oxygen atoms in total. The molecule has 4 aromatic heterocycles. The third kappa shape index (κ3) is 2.21. The van der Waals surface area contributed by atoms with Crippen LogP contribution in [0.2, 0.25) is 0 Å². The Morgan fingerprint density at radius 2 is 2.00 bits per heavy atom. The second-order valence-electron chi connectivity index (χ2n) is 5.56. The molecule has 0 saturated carbocycles. The van der Waals surface area contributed by atoms with Gasteiger partial charge in [0.05, 0.1) is 33.7 Å². The van der Waals surface area contributed by atoms with Gasteiger partial charge in [-0.05, 0) is 26.3 Å². The summed E-state index contributed by atoms with van der Waals surface area (Å²) in [6, 6.07) is 0. The number of aromatic nitrogens is 5. The van der Waals surface area contributed by atoms with E-state index in [0.717, 1.165) is 44.2 Å². The van der Waals surface area contributed by atoms with Gasteiger partial charge in [-0.2, -0.15) is 10.2 Å². The SMILES string of the molecule is Cc1ncsc1CNc1nn(C)c2c1sc1nnc(C)c(C)c12. The minimum absolute atomic E-state index is 0.737. The topological polar surface area (TPSA) is 68.5 Å². The second kappa shape index (κ2) is 5.24. The van der Waals surface area contributed by atoms with E-state index in [1.165, 1.54) is 10.4 Å². The zero-order chi connectivity index (χ0) is 16.1. The van der Waals surface area contributed by atoms with Crippen LogP contribution in [0.15, 0.2) is 5.51 Å². The van der Waals surface area contributed by atoms with Crippen LogP contribution in [-0.4, -0.2) is 25.0 Å². The average molecular weight is 344 g/mol. The van der Waals surface area contributed by atoms with E-state index in [2.05, 4.69) is 32.5 Å². The van der Waals surface area contributed by atoms with Gasteiger partial charge in [-0.1, -0.05) is 0 Å². The lowest BCUT2D eigenvalue weighted by atomic mass is 10.1. The van der Waals surface area contributed by atoms with Gasteiger partial charge in [0.25, 0.3) is 0 Å². The number of rotatable bonds is 3. The van der Waals surface area contributed by atoms with E-state index >= 15 is 0 Å². The summed E-state index contributed by atoms with van der Waals surface area (Å²) in [7, 11) is 1.98. The van der Waals surface area contributed by atoms with Crippen molar-refractivity contribution >= 4 is 48.9 Å². The van der Waals surface area contributed by atoms with Crippen LogP contribution in [0.3, 0.4) is 0 Å². The van der Waals surface area contributed by atoms with Crippen molar-refractivity contribution in [2.24, 2.45) is 7.05 Å². The number of nitrogens with zero attached hydrogens (tertiary/aromatic N) is 5. The predicted octanol–water partition coefficient (Wildman–Crippen LogP) is 3.57. The van der Waals surface area contributed by atoms with Gasteiger partial charge in [-0.3, -0.25) is 4.68 Å². The van der Waals surface area contributed by atoms with Gasteiger partial charge in [0.1, 0.15) is 4.83 Å². The van der Waals surface area contributed by atoms with E-state index in [9.17, 15) is 0 Å². The molecule has 118 valence electrons. The fourth-order valence-corrected chi connectivity index (χ4v) is 4.57. The summed E-state index contributed by atoms with van der Waals surface area (Å²) < 4.78 is 3.07. The number of thiazole rings is 1. The molecule has 23 heavy (non-hydrogen) atoms. The Labute approximate surface area is 141 Å². The summed E-state index contributed by atoms with van der Waals surface area (Å²) in [6.07, 6.45) is 0. The van der Waals surface area contributed by atoms with E-state index in [0.29, 0.717) is 0 Å². The molecule has 0 aliphatic rings. The molecule has 0 aliphatic carbocycles. The molecule has 0 spiro atoms. The quantitative estimate of drug-likeness (QED) is 0.615. The number of aryl methyl sites for hydroxylation is 4. The summed E-state index contributed by atoms with van der Waals surface area (Å²) in [5, 5.41) is 17.9. The monoisotopic (exact) mass is 344 g/mol. The summed E-state index contributed by atoms with van der Waals surface area (Å²) in [5.74, 6) is 0.898. The molecule has 8 heteroatoms. The zero-order valence-corrected chi connectivity index (χ0v) is 15.0. The summed E-state index contributed by atoms with van der Waals surface area (Å²) in [6.45, 7) is 6.86. The number of hydrogen-bond donors (Lipinski definition) is 1. The molecule has 0 fully saturated rings. The minimum atomic E-state index is 0.737. The highest BCUT2D eigenvalue weighted by Gasteiger charge is 2.19. The van der Waals surface area contributed by atoms with E-state index in [-0.39, 0.29) is 0 Å². The number of hydrogen-bond acceptors (Lipinski definition) is 7. The Morgan fingerprint density at radius 3 is 2.74 bits per heavy atom. The third-order valence-electron chi connectivity index (χ3n) is 4.12. The zero-order valence-electron chi connectivity index (χ0n) is 13.3. The van der Waals surface area contributed by atoms with Gasteiger partial charge in [0.2, 0.25) is 0 Å². The van der Waals surface area contributed by atoms with Crippen molar-refractivity contribution in [3.05, 3.63) is 27.3 Å². The minimum Gasteiger partial charge on any atom is -0.362 e. The highest BCUT2D eigenvalue weighted by molar-refractivity contribution is 7.26. The molecule has 1 N–H and O–H groups in total. The maximum Gasteiger partial charge on any atom is 0.166 e. The van der Waals surface area contributed by atoms with Crippen LogP contribution in [0.4, 0.5) is 5.82 Å². The molecule has 0 aliphatic heterocycles. The Kier molecular flexibility index (Phi) is 3.31. The van der Waals surface area contributed by atoms with E-state index in [4.69, 9.17) is 0 Å². The maximum atomic E-state index is 4.65. The highest BCUT2D eigenvalue weighted by atomic mass is 32.1. The van der Waals surface area contributed by atoms with Crippen molar-refractivity contribution in [3.8, 4) is 0 Å². The molecule has 0 radical (unpaired) electrons. The van der Waals surface area contributed by atoms with Crippen molar-refractivity contribution in [2.75, 3.05) is 5.32 Å². The van der Waals surface area contributed by atoms with E-state index < -0.39 is 0 Å². The summed E-state index contributed by atoms with van der Waals surface area (Å²) >= 11 is 3.31. The van der Waals surface area contributed by atoms with Gasteiger partial charge >= 0.3 is 0 Å². The Morgan fingerprint density at radius 1 is 1.17 bits per heavy atom. The number of fused-ring (bicyclic) bond motifs is 3. The predicted molar refractivity (Wildman–Crippen MR) is 95.3 cm³/mol. The molecule has 0 bridgehead atoms. The Bertz CT molecular complexity index is 1030. The third-order valence-corrected chi connectivity index (χ3v) is 6.13. The smallest absolute Gasteiger partial charge is 0.166 e. The van der Waals surface area contributed by atoms with Crippen LogP contribution in [0.5, 0.6) is 0 Å². The molecule has 0 unspecified atom stereocenters. The highest BCUT2D eigenvalue weighted by Crippen LogP contribution is 2.38. The molecule has 4 heterocycles. The lowest BCUT2D eigenvalue weighted by Gasteiger charge is -2.01. The Balaban J connectivity index is 1.82. The molecule has 4 rings (SSSR count). The van der Waals surface area contributed by atoms with Crippen LogP contribution in [0, 0.1) is 20.8 Å². The lowest BCUT2D eigenvalue weighted by molar-refractivity contribution is 0.799. The first-order chi connectivity index (χ1) is 11.1. The van der Waals surface area contributed by atoms with Crippen LogP contribution in [-0.2, 0) is 13.6 Å². The molecular formula is C15H16N6S2. The molecule has 0 aromatic carbocycles. The number of nitrogens with one attached hydrogen (secondary N) is 1. The van der Waals surface area contributed by atoms with Crippen molar-refractivity contribution in [1.29, 1.82) is 0 Å². The number of anilines is 1. The van der Waals surface area contributed by atoms with Crippen LogP contribution >= 0.6 is 22.7 Å². The molecule has 4 aromatic rings. The normalized spacial score (nSPS) is 11.7. The first-order valence-electron chi connectivity index (χ1n) is 7.28. The molecule has 0 amide bonds. The van der Waals surface area contributed by atoms with Crippen molar-refractivity contribution in [3.63, 3.8) is 0 Å². The standard InChI is InChI=1S/C15H16N6S2/c1-7-8(2)18-19-15-11(7)12-13(23-15)14(20-21(12)4)16-5-10-9(3)17-6-22-10/h6H,5H2,1-4H3,(H,16,20). The molecular weight excluding hydrogens is 328 g/mol. The summed E-state index contributed by atoms with van der Waals surface area (Å²) in [5.41, 5.74) is 6.22. The van der Waals surface area contributed by atoms with Crippen molar-refractivity contribution in [1.82, 2.24) is 25.0 Å². The van der Waals surface area contributed by atoms with Gasteiger partial charge in [-0.15, -0.1) is 27.8 Å². The fourth-order valence-electron chi connectivity index (χ4n) is 2.69. The van der Waals surface area contributed by atoms with E-state index in [1.54, 1.807) is 22.7 Å². The van der Waals surface area contributed by atoms with Crippen molar-refractivity contribution in [2.45, 2.75) is 27.3 Å². The van der Waals surface area contributed by atoms with Gasteiger partial charge < -0.3 is 5.32 Å².